The fourth-order valence-electron chi connectivity index (χ4n) is 4.21. The second-order valence-electron chi connectivity index (χ2n) is 11.4. The largest absolute Gasteiger partial charge is 0.391 e. The van der Waals surface area contributed by atoms with Gasteiger partial charge < -0.3 is 15.3 Å². The van der Waals surface area contributed by atoms with E-state index >= 15 is 0 Å². The zero-order chi connectivity index (χ0) is 24.8. The van der Waals surface area contributed by atoms with E-state index in [2.05, 4.69) is 31.0 Å². The van der Waals surface area contributed by atoms with Gasteiger partial charge in [0, 0.05) is 25.1 Å². The molecule has 2 aromatic rings. The third-order valence-corrected chi connectivity index (χ3v) is 6.18. The lowest BCUT2D eigenvalue weighted by Crippen LogP contribution is -2.50. The first kappa shape index (κ1) is 24.2. The molecule has 1 saturated carbocycles. The van der Waals surface area contributed by atoms with Gasteiger partial charge in [0.1, 0.15) is 12.1 Å². The van der Waals surface area contributed by atoms with Crippen LogP contribution in [0, 0.1) is 5.41 Å². The first-order valence-corrected chi connectivity index (χ1v) is 11.8. The Hall–Kier alpha value is -2.89. The summed E-state index contributed by atoms with van der Waals surface area (Å²) < 4.78 is 1.62. The summed E-state index contributed by atoms with van der Waals surface area (Å²) in [5.74, 6) is 0.180. The van der Waals surface area contributed by atoms with Crippen molar-refractivity contribution in [3.05, 3.63) is 17.7 Å². The number of aliphatic hydroxyl groups is 1. The van der Waals surface area contributed by atoms with Crippen molar-refractivity contribution in [1.82, 2.24) is 45.4 Å². The number of hydrogen-bond donors (Lipinski definition) is 2. The molecule has 4 rings (SSSR count). The van der Waals surface area contributed by atoms with Crippen LogP contribution in [0.2, 0.25) is 0 Å². The van der Waals surface area contributed by atoms with Crippen molar-refractivity contribution >= 4 is 11.8 Å². The Balaban J connectivity index is 1.48. The van der Waals surface area contributed by atoms with E-state index in [0.717, 1.165) is 18.5 Å². The molecule has 1 aliphatic carbocycles. The monoisotopic (exact) mass is 473 g/mol. The van der Waals surface area contributed by atoms with E-state index in [9.17, 15) is 14.7 Å². The molecule has 2 N–H and O–H groups in total. The highest BCUT2D eigenvalue weighted by molar-refractivity contribution is 5.90. The number of nitrogens with one attached hydrogen (secondary N) is 1. The Morgan fingerprint density at radius 3 is 2.44 bits per heavy atom. The molecule has 3 heterocycles. The maximum atomic E-state index is 13.7. The zero-order valence-corrected chi connectivity index (χ0v) is 20.8. The highest BCUT2D eigenvalue weighted by Crippen LogP contribution is 2.40. The van der Waals surface area contributed by atoms with Crippen LogP contribution in [0.4, 0.5) is 0 Å². The normalized spacial score (nSPS) is 22.1. The van der Waals surface area contributed by atoms with E-state index in [1.165, 1.54) is 9.70 Å². The molecule has 2 aliphatic rings. The zero-order valence-electron chi connectivity index (χ0n) is 20.8. The number of aliphatic hydroxyl groups excluding tert-OH is 1. The summed E-state index contributed by atoms with van der Waals surface area (Å²) in [6.45, 7) is 11.9. The minimum atomic E-state index is -0.795. The number of nitrogens with zero attached hydrogens (tertiary/aromatic N) is 8. The third kappa shape index (κ3) is 5.11. The third-order valence-electron chi connectivity index (χ3n) is 6.18. The van der Waals surface area contributed by atoms with Crippen molar-refractivity contribution in [2.24, 2.45) is 5.41 Å². The predicted molar refractivity (Wildman–Crippen MR) is 121 cm³/mol. The van der Waals surface area contributed by atoms with E-state index in [-0.39, 0.29) is 36.9 Å². The summed E-state index contributed by atoms with van der Waals surface area (Å²) in [6, 6.07) is -1.45. The van der Waals surface area contributed by atoms with Gasteiger partial charge in [-0.1, -0.05) is 26.0 Å². The van der Waals surface area contributed by atoms with Gasteiger partial charge in [-0.2, -0.15) is 4.80 Å². The molecule has 186 valence electrons. The summed E-state index contributed by atoms with van der Waals surface area (Å²) in [7, 11) is 0. The Bertz CT molecular complexity index is 1040. The number of hydrogen-bond acceptors (Lipinski definition) is 8. The van der Waals surface area contributed by atoms with E-state index in [4.69, 9.17) is 0 Å². The molecular formula is C22H35N9O3. The van der Waals surface area contributed by atoms with Crippen LogP contribution in [0.15, 0.2) is 6.20 Å². The number of carbonyl (C=O) groups is 2. The smallest absolute Gasteiger partial charge is 0.248 e. The standard InChI is InChI=1S/C22H35N9O3/c1-21(2,3)18(30-12-15(24-27-30)13-7-8-13)20(34)29-11-14(32)9-16(29)19(33)23-10-17-25-28-31(26-17)22(4,5)6/h12-14,16,18,32H,7-11H2,1-6H3,(H,23,33)/t14-,16+,18-/m1/s1. The van der Waals surface area contributed by atoms with E-state index in [0.29, 0.717) is 11.7 Å². The number of aromatic nitrogens is 7. The second-order valence-corrected chi connectivity index (χ2v) is 11.4. The van der Waals surface area contributed by atoms with Crippen LogP contribution in [0.1, 0.15) is 84.3 Å². The first-order valence-electron chi connectivity index (χ1n) is 11.8. The average Bonchev–Trinajstić information content (AvgIpc) is 3.13. The molecule has 1 saturated heterocycles. The predicted octanol–water partition coefficient (Wildman–Crippen LogP) is 0.762. The Kier molecular flexibility index (Phi) is 6.21. The molecular weight excluding hydrogens is 438 g/mol. The lowest BCUT2D eigenvalue weighted by Gasteiger charge is -2.34. The molecule has 3 atom stereocenters. The van der Waals surface area contributed by atoms with Gasteiger partial charge in [-0.3, -0.25) is 9.59 Å². The Morgan fingerprint density at radius 1 is 1.15 bits per heavy atom. The summed E-state index contributed by atoms with van der Waals surface area (Å²) in [5.41, 5.74) is 0.0975. The average molecular weight is 474 g/mol. The van der Waals surface area contributed by atoms with Gasteiger partial charge in [0.15, 0.2) is 5.82 Å². The highest BCUT2D eigenvalue weighted by atomic mass is 16.3. The summed E-state index contributed by atoms with van der Waals surface area (Å²) >= 11 is 0. The Labute approximate surface area is 199 Å². The molecule has 12 nitrogen and oxygen atoms in total. The maximum Gasteiger partial charge on any atom is 0.248 e. The van der Waals surface area contributed by atoms with Crippen molar-refractivity contribution in [2.45, 2.75) is 97.0 Å². The van der Waals surface area contributed by atoms with Crippen molar-refractivity contribution in [3.8, 4) is 0 Å². The molecule has 0 radical (unpaired) electrons. The SMILES string of the molecule is CC(C)(C)[C@@H](C(=O)N1C[C@H](O)C[C@H]1C(=O)NCc1nnn(C(C)(C)C)n1)n1cc(C2CC2)nn1. The van der Waals surface area contributed by atoms with Gasteiger partial charge in [0.25, 0.3) is 0 Å². The Morgan fingerprint density at radius 2 is 1.85 bits per heavy atom. The summed E-state index contributed by atoms with van der Waals surface area (Å²) in [4.78, 5) is 29.8. The van der Waals surface area contributed by atoms with E-state index in [1.807, 2.05) is 47.7 Å². The molecule has 2 amide bonds. The molecule has 0 unspecified atom stereocenters. The number of likely N-dealkylation sites (tertiary alicyclic amines) is 1. The molecule has 2 fully saturated rings. The van der Waals surface area contributed by atoms with Crippen molar-refractivity contribution in [2.75, 3.05) is 6.54 Å². The quantitative estimate of drug-likeness (QED) is 0.626. The molecule has 0 spiro atoms. The number of amides is 2. The van der Waals surface area contributed by atoms with Crippen LogP contribution in [-0.2, 0) is 21.7 Å². The van der Waals surface area contributed by atoms with Crippen LogP contribution in [0.25, 0.3) is 0 Å². The minimum absolute atomic E-state index is 0.0834. The minimum Gasteiger partial charge on any atom is -0.391 e. The summed E-state index contributed by atoms with van der Waals surface area (Å²) in [5, 5.41) is 34.0. The van der Waals surface area contributed by atoms with Gasteiger partial charge >= 0.3 is 0 Å². The molecule has 34 heavy (non-hydrogen) atoms. The summed E-state index contributed by atoms with van der Waals surface area (Å²) in [6.07, 6.45) is 3.41. The van der Waals surface area contributed by atoms with Crippen LogP contribution >= 0.6 is 0 Å². The number of β-amino-alcohol motifs (C(OH)–C–C–N with tert-alkyl or cyclic N) is 1. The van der Waals surface area contributed by atoms with Gasteiger partial charge in [-0.05, 0) is 44.2 Å². The lowest BCUT2D eigenvalue weighted by molar-refractivity contribution is -0.144. The van der Waals surface area contributed by atoms with Crippen molar-refractivity contribution in [1.29, 1.82) is 0 Å². The van der Waals surface area contributed by atoms with Crippen molar-refractivity contribution < 1.29 is 14.7 Å². The maximum absolute atomic E-state index is 13.7. The number of rotatable bonds is 6. The number of carbonyl (C=O) groups excluding carboxylic acids is 2. The first-order chi connectivity index (χ1) is 15.8. The van der Waals surface area contributed by atoms with Gasteiger partial charge in [0.2, 0.25) is 11.8 Å². The fourth-order valence-corrected chi connectivity index (χ4v) is 4.21. The molecule has 12 heteroatoms. The fraction of sp³-hybridized carbons (Fsp3) is 0.773. The van der Waals surface area contributed by atoms with E-state index in [1.54, 1.807) is 4.68 Å². The highest BCUT2D eigenvalue weighted by Gasteiger charge is 2.45. The number of tetrazole rings is 1. The lowest BCUT2D eigenvalue weighted by atomic mass is 9.85. The molecule has 2 aromatic heterocycles. The molecule has 0 bridgehead atoms. The van der Waals surface area contributed by atoms with Gasteiger partial charge in [-0.25, -0.2) is 4.68 Å². The second kappa shape index (κ2) is 8.71. The van der Waals surface area contributed by atoms with Crippen molar-refractivity contribution in [3.63, 3.8) is 0 Å². The van der Waals surface area contributed by atoms with Crippen LogP contribution in [-0.4, -0.2) is 75.7 Å². The topological polar surface area (TPSA) is 144 Å². The molecule has 0 aromatic carbocycles. The van der Waals surface area contributed by atoms with Crippen LogP contribution in [0.3, 0.4) is 0 Å². The van der Waals surface area contributed by atoms with Gasteiger partial charge in [0.05, 0.1) is 23.9 Å². The van der Waals surface area contributed by atoms with Crippen LogP contribution < -0.4 is 5.32 Å². The van der Waals surface area contributed by atoms with Crippen LogP contribution in [0.5, 0.6) is 0 Å². The van der Waals surface area contributed by atoms with Gasteiger partial charge in [-0.15, -0.1) is 15.3 Å². The molecule has 1 aliphatic heterocycles. The van der Waals surface area contributed by atoms with E-state index < -0.39 is 23.6 Å².